The third kappa shape index (κ3) is 14.1. The van der Waals surface area contributed by atoms with Crippen LogP contribution in [-0.4, -0.2) is 64.8 Å². The maximum atomic E-state index is 13.6. The lowest BCUT2D eigenvalue weighted by atomic mass is 9.94. The van der Waals surface area contributed by atoms with E-state index in [4.69, 9.17) is 9.47 Å². The minimum atomic E-state index is -1.18. The van der Waals surface area contributed by atoms with Crippen LogP contribution < -0.4 is 21.3 Å². The molecule has 5 atom stereocenters. The monoisotopic (exact) mass is 654 g/mol. The number of carboxylic acid groups (broad SMARTS) is 1. The largest absolute Gasteiger partial charge is 0.480 e. The zero-order chi connectivity index (χ0) is 35.1. The van der Waals surface area contributed by atoms with Gasteiger partial charge in [0.05, 0.1) is 12.1 Å². The lowest BCUT2D eigenvalue weighted by molar-refractivity contribution is -0.143. The highest BCUT2D eigenvalue weighted by Gasteiger charge is 2.34. The molecule has 0 saturated carbocycles. The number of benzene rings is 2. The molecule has 0 bridgehead atoms. The average Bonchev–Trinajstić information content (AvgIpc) is 3.00. The molecule has 0 heterocycles. The molecule has 0 saturated heterocycles. The van der Waals surface area contributed by atoms with Crippen LogP contribution in [-0.2, 0) is 36.9 Å². The number of hydrogen-bond donors (Lipinski definition) is 5. The highest BCUT2D eigenvalue weighted by Crippen LogP contribution is 2.15. The minimum absolute atomic E-state index is 0.0225. The topological polar surface area (TPSA) is 172 Å². The predicted octanol–water partition coefficient (Wildman–Crippen LogP) is 4.56. The summed E-state index contributed by atoms with van der Waals surface area (Å²) in [7, 11) is 0. The van der Waals surface area contributed by atoms with Gasteiger partial charge in [0.15, 0.2) is 0 Å². The van der Waals surface area contributed by atoms with E-state index in [-0.39, 0.29) is 25.4 Å². The smallest absolute Gasteiger partial charge is 0.407 e. The van der Waals surface area contributed by atoms with E-state index in [0.29, 0.717) is 6.42 Å². The zero-order valence-electron chi connectivity index (χ0n) is 28.4. The summed E-state index contributed by atoms with van der Waals surface area (Å²) in [5.74, 6) is -3.15. The Balaban J connectivity index is 2.38. The summed E-state index contributed by atoms with van der Waals surface area (Å²) < 4.78 is 10.9. The summed E-state index contributed by atoms with van der Waals surface area (Å²) in [6.07, 6.45) is -1.16. The maximum absolute atomic E-state index is 13.6. The van der Waals surface area contributed by atoms with E-state index in [2.05, 4.69) is 21.3 Å². The van der Waals surface area contributed by atoms with Crippen LogP contribution in [0.4, 0.5) is 9.59 Å². The van der Waals surface area contributed by atoms with Gasteiger partial charge in [0, 0.05) is 6.42 Å². The van der Waals surface area contributed by atoms with Gasteiger partial charge in [0.2, 0.25) is 11.8 Å². The number of carboxylic acids is 1. The Hall–Kier alpha value is -4.61. The Kier molecular flexibility index (Phi) is 15.2. The second kappa shape index (κ2) is 18.5. The van der Waals surface area contributed by atoms with Crippen molar-refractivity contribution in [3.8, 4) is 0 Å². The molecule has 0 aromatic heterocycles. The van der Waals surface area contributed by atoms with Gasteiger partial charge in [0.1, 0.15) is 24.3 Å². The highest BCUT2D eigenvalue weighted by atomic mass is 16.6. The van der Waals surface area contributed by atoms with E-state index < -0.39 is 65.7 Å². The molecule has 258 valence electrons. The number of carbonyl (C=O) groups excluding carboxylic acids is 4. The summed E-state index contributed by atoms with van der Waals surface area (Å²) in [5, 5.41) is 20.4. The third-order valence-corrected chi connectivity index (χ3v) is 7.45. The second-order valence-electron chi connectivity index (χ2n) is 13.0. The first-order chi connectivity index (χ1) is 22.1. The van der Waals surface area contributed by atoms with Crippen LogP contribution in [0.2, 0.25) is 0 Å². The maximum Gasteiger partial charge on any atom is 0.407 e. The zero-order valence-corrected chi connectivity index (χ0v) is 28.4. The number of rotatable bonds is 16. The Morgan fingerprint density at radius 1 is 0.745 bits per heavy atom. The van der Waals surface area contributed by atoms with Crippen molar-refractivity contribution in [1.29, 1.82) is 0 Å². The summed E-state index contributed by atoms with van der Waals surface area (Å²) in [5.41, 5.74) is 0.772. The Morgan fingerprint density at radius 3 is 1.81 bits per heavy atom. The molecule has 0 fully saturated rings. The van der Waals surface area contributed by atoms with Gasteiger partial charge in [-0.3, -0.25) is 9.59 Å². The van der Waals surface area contributed by atoms with Gasteiger partial charge in [-0.2, -0.15) is 0 Å². The molecule has 12 heteroatoms. The molecule has 2 aromatic carbocycles. The lowest BCUT2D eigenvalue weighted by Crippen LogP contribution is -2.58. The summed E-state index contributed by atoms with van der Waals surface area (Å²) >= 11 is 0. The summed E-state index contributed by atoms with van der Waals surface area (Å²) in [6.45, 7) is 12.1. The molecule has 0 radical (unpaired) electrons. The van der Waals surface area contributed by atoms with Crippen LogP contribution in [0.1, 0.15) is 72.4 Å². The van der Waals surface area contributed by atoms with Crippen molar-refractivity contribution in [2.75, 3.05) is 0 Å². The number of nitrogens with one attached hydrogen (secondary N) is 4. The highest BCUT2D eigenvalue weighted by molar-refractivity contribution is 5.91. The summed E-state index contributed by atoms with van der Waals surface area (Å²) in [4.78, 5) is 64.7. The third-order valence-electron chi connectivity index (χ3n) is 7.45. The van der Waals surface area contributed by atoms with E-state index in [1.165, 1.54) is 0 Å². The van der Waals surface area contributed by atoms with Crippen LogP contribution in [0.15, 0.2) is 60.7 Å². The van der Waals surface area contributed by atoms with Gasteiger partial charge in [-0.05, 0) is 50.2 Å². The number of hydrogen-bond acceptors (Lipinski definition) is 7. The predicted molar refractivity (Wildman–Crippen MR) is 177 cm³/mol. The first-order valence-electron chi connectivity index (χ1n) is 15.9. The molecule has 0 aliphatic carbocycles. The van der Waals surface area contributed by atoms with Crippen LogP contribution in [0, 0.1) is 11.8 Å². The average molecular weight is 655 g/mol. The molecular formula is C35H50N4O8. The standard InChI is InChI=1S/C35H50N4O8/c1-8-23(4)30(31(41)39-29(22(2)3)32(42)43)38-28(40)20-27(36-33(44)46-21-25-17-13-10-14-18-25)26(19-24-15-11-9-12-16-24)37-34(45)47-35(5,6)7/h9-18,22-23,26-27,29-30H,8,19-21H2,1-7H3,(H,36,44)(H,37,45)(H,38,40)(H,39,41)(H,42,43)/t23-,26-,27?,29?,30-/m0/s1. The number of ether oxygens (including phenoxy) is 2. The Morgan fingerprint density at radius 2 is 1.30 bits per heavy atom. The van der Waals surface area contributed by atoms with E-state index in [1.54, 1.807) is 53.7 Å². The molecule has 47 heavy (non-hydrogen) atoms. The first kappa shape index (κ1) is 38.6. The van der Waals surface area contributed by atoms with Crippen molar-refractivity contribution < 1.29 is 38.6 Å². The number of amides is 4. The van der Waals surface area contributed by atoms with Gasteiger partial charge in [-0.15, -0.1) is 0 Å². The minimum Gasteiger partial charge on any atom is -0.480 e. The van der Waals surface area contributed by atoms with Gasteiger partial charge < -0.3 is 35.8 Å². The molecule has 5 N–H and O–H groups in total. The molecule has 2 rings (SSSR count). The molecular weight excluding hydrogens is 604 g/mol. The molecule has 0 spiro atoms. The van der Waals surface area contributed by atoms with Crippen molar-refractivity contribution in [2.24, 2.45) is 11.8 Å². The van der Waals surface area contributed by atoms with Crippen LogP contribution in [0.25, 0.3) is 0 Å². The van der Waals surface area contributed by atoms with Gasteiger partial charge in [0.25, 0.3) is 0 Å². The number of alkyl carbamates (subject to hydrolysis) is 2. The van der Waals surface area contributed by atoms with Crippen molar-refractivity contribution in [1.82, 2.24) is 21.3 Å². The van der Waals surface area contributed by atoms with Crippen molar-refractivity contribution in [2.45, 2.75) is 104 Å². The van der Waals surface area contributed by atoms with E-state index in [9.17, 15) is 29.1 Å². The normalized spacial score (nSPS) is 14.5. The molecule has 2 unspecified atom stereocenters. The van der Waals surface area contributed by atoms with Gasteiger partial charge in [-0.25, -0.2) is 14.4 Å². The van der Waals surface area contributed by atoms with Crippen molar-refractivity contribution in [3.05, 3.63) is 71.8 Å². The van der Waals surface area contributed by atoms with Gasteiger partial charge in [-0.1, -0.05) is 94.8 Å². The van der Waals surface area contributed by atoms with Crippen LogP contribution in [0.5, 0.6) is 0 Å². The molecule has 4 amide bonds. The fourth-order valence-electron chi connectivity index (χ4n) is 4.72. The van der Waals surface area contributed by atoms with Crippen molar-refractivity contribution in [3.63, 3.8) is 0 Å². The van der Waals surface area contributed by atoms with E-state index in [0.717, 1.165) is 11.1 Å². The van der Waals surface area contributed by atoms with Crippen molar-refractivity contribution >= 4 is 30.0 Å². The van der Waals surface area contributed by atoms with Gasteiger partial charge >= 0.3 is 18.2 Å². The number of carbonyl (C=O) groups is 5. The SMILES string of the molecule is CC[C@H](C)[C@H](NC(=O)CC(NC(=O)OCc1ccccc1)[C@H](Cc1ccccc1)NC(=O)OC(C)(C)C)C(=O)NC(C(=O)O)C(C)C. The Bertz CT molecular complexity index is 1310. The van der Waals surface area contributed by atoms with Crippen LogP contribution >= 0.6 is 0 Å². The Labute approximate surface area is 277 Å². The molecule has 12 nitrogen and oxygen atoms in total. The fraction of sp³-hybridized carbons (Fsp3) is 0.514. The second-order valence-corrected chi connectivity index (χ2v) is 13.0. The number of aliphatic carboxylic acids is 1. The molecule has 0 aliphatic heterocycles. The van der Waals surface area contributed by atoms with E-state index in [1.807, 2.05) is 55.5 Å². The quantitative estimate of drug-likeness (QED) is 0.175. The first-order valence-corrected chi connectivity index (χ1v) is 15.9. The van der Waals surface area contributed by atoms with Crippen LogP contribution in [0.3, 0.4) is 0 Å². The fourth-order valence-corrected chi connectivity index (χ4v) is 4.72. The summed E-state index contributed by atoms with van der Waals surface area (Å²) in [6, 6.07) is 14.2. The van der Waals surface area contributed by atoms with E-state index >= 15 is 0 Å². The molecule has 2 aromatic rings. The lowest BCUT2D eigenvalue weighted by Gasteiger charge is -2.31. The molecule has 0 aliphatic rings.